The largest absolute Gasteiger partial charge is 0.405 e. The molecule has 12 heavy (non-hydrogen) atoms. The molecule has 1 fully saturated rings. The zero-order valence-electron chi connectivity index (χ0n) is 6.15. The lowest BCUT2D eigenvalue weighted by atomic mass is 10.2. The van der Waals surface area contributed by atoms with Gasteiger partial charge in [-0.1, -0.05) is 0 Å². The molecule has 0 radical (unpaired) electrons. The SMILES string of the molecule is O=C(NCC(F)(F)F)C1CCO1. The molecule has 0 aromatic heterocycles. The van der Waals surface area contributed by atoms with Gasteiger partial charge in [0, 0.05) is 6.42 Å². The highest BCUT2D eigenvalue weighted by Gasteiger charge is 2.31. The first kappa shape index (κ1) is 9.31. The predicted octanol–water partition coefficient (Wildman–Crippen LogP) is 0.454. The zero-order valence-corrected chi connectivity index (χ0v) is 6.15. The lowest BCUT2D eigenvalue weighted by Gasteiger charge is -2.25. The van der Waals surface area contributed by atoms with Crippen LogP contribution in [0.3, 0.4) is 0 Å². The van der Waals surface area contributed by atoms with E-state index in [4.69, 9.17) is 0 Å². The quantitative estimate of drug-likeness (QED) is 0.675. The average molecular weight is 183 g/mol. The third-order valence-corrected chi connectivity index (χ3v) is 1.45. The molecule has 1 saturated heterocycles. The van der Waals surface area contributed by atoms with Crippen molar-refractivity contribution < 1.29 is 22.7 Å². The van der Waals surface area contributed by atoms with Crippen LogP contribution in [0.2, 0.25) is 0 Å². The van der Waals surface area contributed by atoms with Gasteiger partial charge in [0.2, 0.25) is 5.91 Å². The summed E-state index contributed by atoms with van der Waals surface area (Å²) in [5.74, 6) is -0.682. The molecule has 1 N–H and O–H groups in total. The van der Waals surface area contributed by atoms with Crippen molar-refractivity contribution in [1.29, 1.82) is 0 Å². The highest BCUT2D eigenvalue weighted by atomic mass is 19.4. The Morgan fingerprint density at radius 1 is 1.58 bits per heavy atom. The number of amides is 1. The molecule has 0 aromatic carbocycles. The summed E-state index contributed by atoms with van der Waals surface area (Å²) in [5, 5.41) is 1.74. The maximum Gasteiger partial charge on any atom is 0.405 e. The van der Waals surface area contributed by atoms with Gasteiger partial charge in [0.25, 0.3) is 0 Å². The van der Waals surface area contributed by atoms with Crippen molar-refractivity contribution in [3.8, 4) is 0 Å². The highest BCUT2D eigenvalue weighted by molar-refractivity contribution is 5.81. The third-order valence-electron chi connectivity index (χ3n) is 1.45. The van der Waals surface area contributed by atoms with E-state index in [0.29, 0.717) is 13.0 Å². The van der Waals surface area contributed by atoms with Crippen LogP contribution in [0.1, 0.15) is 6.42 Å². The monoisotopic (exact) mass is 183 g/mol. The second kappa shape index (κ2) is 3.30. The number of hydrogen-bond acceptors (Lipinski definition) is 2. The second-order valence-electron chi connectivity index (χ2n) is 2.48. The predicted molar refractivity (Wildman–Crippen MR) is 33.4 cm³/mol. The summed E-state index contributed by atoms with van der Waals surface area (Å²) in [4.78, 5) is 10.7. The van der Waals surface area contributed by atoms with Crippen molar-refractivity contribution in [2.24, 2.45) is 0 Å². The van der Waals surface area contributed by atoms with Gasteiger partial charge >= 0.3 is 6.18 Å². The molecule has 0 bridgehead atoms. The smallest absolute Gasteiger partial charge is 0.368 e. The molecule has 0 saturated carbocycles. The number of alkyl halides is 3. The summed E-state index contributed by atoms with van der Waals surface area (Å²) in [6.45, 7) is -0.838. The van der Waals surface area contributed by atoms with E-state index in [1.165, 1.54) is 0 Å². The van der Waals surface area contributed by atoms with Gasteiger partial charge in [0.15, 0.2) is 0 Å². The van der Waals surface area contributed by atoms with Crippen LogP contribution in [0.5, 0.6) is 0 Å². The van der Waals surface area contributed by atoms with Gasteiger partial charge < -0.3 is 10.1 Å². The van der Waals surface area contributed by atoms with Crippen LogP contribution in [0, 0.1) is 0 Å². The fourth-order valence-corrected chi connectivity index (χ4v) is 0.744. The number of carbonyl (C=O) groups is 1. The normalized spacial score (nSPS) is 23.1. The van der Waals surface area contributed by atoms with Gasteiger partial charge in [-0.3, -0.25) is 4.79 Å². The number of ether oxygens (including phenoxy) is 1. The standard InChI is InChI=1S/C6H8F3NO2/c7-6(8,9)3-10-5(11)4-1-2-12-4/h4H,1-3H2,(H,10,11). The molecule has 1 aliphatic rings. The third kappa shape index (κ3) is 2.69. The Morgan fingerprint density at radius 3 is 2.50 bits per heavy atom. The van der Waals surface area contributed by atoms with Crippen molar-refractivity contribution in [2.45, 2.75) is 18.7 Å². The van der Waals surface area contributed by atoms with Gasteiger partial charge in [0.1, 0.15) is 12.6 Å². The first-order chi connectivity index (χ1) is 5.49. The van der Waals surface area contributed by atoms with Gasteiger partial charge in [-0.25, -0.2) is 0 Å². The van der Waals surface area contributed by atoms with Crippen molar-refractivity contribution in [2.75, 3.05) is 13.2 Å². The van der Waals surface area contributed by atoms with E-state index in [0.717, 1.165) is 0 Å². The lowest BCUT2D eigenvalue weighted by Crippen LogP contribution is -2.45. The number of hydrogen-bond donors (Lipinski definition) is 1. The average Bonchev–Trinajstić information content (AvgIpc) is 1.78. The molecule has 0 spiro atoms. The van der Waals surface area contributed by atoms with E-state index in [1.54, 1.807) is 5.32 Å². The van der Waals surface area contributed by atoms with Gasteiger partial charge in [-0.05, 0) is 0 Å². The second-order valence-corrected chi connectivity index (χ2v) is 2.48. The zero-order chi connectivity index (χ0) is 9.19. The highest BCUT2D eigenvalue weighted by Crippen LogP contribution is 2.14. The van der Waals surface area contributed by atoms with Gasteiger partial charge in [-0.2, -0.15) is 13.2 Å². The van der Waals surface area contributed by atoms with E-state index in [2.05, 4.69) is 4.74 Å². The van der Waals surface area contributed by atoms with Crippen molar-refractivity contribution in [1.82, 2.24) is 5.32 Å². The Hall–Kier alpha value is -0.780. The van der Waals surface area contributed by atoms with Crippen molar-refractivity contribution in [3.05, 3.63) is 0 Å². The van der Waals surface area contributed by atoms with Crippen LogP contribution < -0.4 is 5.32 Å². The summed E-state index contributed by atoms with van der Waals surface area (Å²) in [6.07, 6.45) is -4.52. The maximum atomic E-state index is 11.5. The Labute approximate surface area is 66.9 Å². The Balaban J connectivity index is 2.18. The lowest BCUT2D eigenvalue weighted by molar-refractivity contribution is -0.154. The minimum atomic E-state index is -4.35. The summed E-state index contributed by atoms with van der Waals surface area (Å²) in [7, 11) is 0. The molecule has 1 atom stereocenters. The van der Waals surface area contributed by atoms with Crippen LogP contribution in [-0.2, 0) is 9.53 Å². The molecule has 1 rings (SSSR count). The molecule has 70 valence electrons. The number of rotatable bonds is 2. The number of nitrogens with one attached hydrogen (secondary N) is 1. The van der Waals surface area contributed by atoms with E-state index in [1.807, 2.05) is 0 Å². The maximum absolute atomic E-state index is 11.5. The van der Waals surface area contributed by atoms with Crippen LogP contribution >= 0.6 is 0 Å². The van der Waals surface area contributed by atoms with Crippen molar-refractivity contribution in [3.63, 3.8) is 0 Å². The molecular weight excluding hydrogens is 175 g/mol. The minimum absolute atomic E-state index is 0.449. The fourth-order valence-electron chi connectivity index (χ4n) is 0.744. The topological polar surface area (TPSA) is 38.3 Å². The molecular formula is C6H8F3NO2. The molecule has 1 aliphatic heterocycles. The fraction of sp³-hybridized carbons (Fsp3) is 0.833. The molecule has 1 amide bonds. The van der Waals surface area contributed by atoms with Crippen LogP contribution in [0.4, 0.5) is 13.2 Å². The van der Waals surface area contributed by atoms with Gasteiger partial charge in [-0.15, -0.1) is 0 Å². The molecule has 0 aromatic rings. The Morgan fingerprint density at radius 2 is 2.17 bits per heavy atom. The van der Waals surface area contributed by atoms with E-state index < -0.39 is 24.7 Å². The van der Waals surface area contributed by atoms with Gasteiger partial charge in [0.05, 0.1) is 6.61 Å². The van der Waals surface area contributed by atoms with Crippen LogP contribution in [0.25, 0.3) is 0 Å². The molecule has 6 heteroatoms. The first-order valence-corrected chi connectivity index (χ1v) is 3.45. The summed E-state index contributed by atoms with van der Waals surface area (Å²) in [6, 6.07) is 0. The number of carbonyl (C=O) groups excluding carboxylic acids is 1. The summed E-state index contributed by atoms with van der Waals surface area (Å²) < 4.78 is 39.3. The Bertz CT molecular complexity index is 176. The van der Waals surface area contributed by atoms with E-state index in [9.17, 15) is 18.0 Å². The summed E-state index contributed by atoms with van der Waals surface area (Å²) in [5.41, 5.74) is 0. The molecule has 3 nitrogen and oxygen atoms in total. The first-order valence-electron chi connectivity index (χ1n) is 3.45. The van der Waals surface area contributed by atoms with E-state index >= 15 is 0 Å². The van der Waals surface area contributed by atoms with Crippen molar-refractivity contribution >= 4 is 5.91 Å². The number of halogens is 3. The summed E-state index contributed by atoms with van der Waals surface area (Å²) >= 11 is 0. The molecule has 0 aliphatic carbocycles. The Kier molecular flexibility index (Phi) is 2.56. The molecule has 1 heterocycles. The van der Waals surface area contributed by atoms with E-state index in [-0.39, 0.29) is 0 Å². The minimum Gasteiger partial charge on any atom is -0.368 e. The van der Waals surface area contributed by atoms with Crippen LogP contribution in [0.15, 0.2) is 0 Å². The van der Waals surface area contributed by atoms with Crippen LogP contribution in [-0.4, -0.2) is 31.3 Å². The molecule has 1 unspecified atom stereocenters.